The minimum atomic E-state index is -1.03. The number of carboxylic acids is 1. The Hall–Kier alpha value is -3.65. The molecule has 0 bridgehead atoms. The molecule has 3 atom stereocenters. The molecule has 2 saturated heterocycles. The van der Waals surface area contributed by atoms with E-state index < -0.39 is 18.1 Å². The number of hydrogen-bond acceptors (Lipinski definition) is 5. The number of nitrogens with one attached hydrogen (secondary N) is 1. The summed E-state index contributed by atoms with van der Waals surface area (Å²) >= 11 is 0. The molecule has 2 heterocycles. The van der Waals surface area contributed by atoms with Gasteiger partial charge in [0.15, 0.2) is 0 Å². The molecule has 0 radical (unpaired) electrons. The van der Waals surface area contributed by atoms with Gasteiger partial charge < -0.3 is 24.8 Å². The molecular weight excluding hydrogens is 436 g/mol. The Morgan fingerprint density at radius 2 is 1.76 bits per heavy atom. The Balaban J connectivity index is 1.14. The second kappa shape index (κ2) is 9.30. The van der Waals surface area contributed by atoms with E-state index in [1.54, 1.807) is 0 Å². The van der Waals surface area contributed by atoms with E-state index in [0.717, 1.165) is 22.3 Å². The van der Waals surface area contributed by atoms with Crippen molar-refractivity contribution in [2.24, 2.45) is 0 Å². The summed E-state index contributed by atoms with van der Waals surface area (Å²) in [6.07, 6.45) is 2.95. The van der Waals surface area contributed by atoms with Crippen molar-refractivity contribution in [3.8, 4) is 11.1 Å². The lowest BCUT2D eigenvalue weighted by molar-refractivity contribution is -0.147. The van der Waals surface area contributed by atoms with Crippen molar-refractivity contribution in [1.29, 1.82) is 0 Å². The molecule has 2 N–H and O–H groups in total. The zero-order valence-corrected chi connectivity index (χ0v) is 18.6. The fourth-order valence-corrected chi connectivity index (χ4v) is 5.32. The van der Waals surface area contributed by atoms with Crippen molar-refractivity contribution in [2.75, 3.05) is 19.8 Å². The summed E-state index contributed by atoms with van der Waals surface area (Å²) in [6, 6.07) is 15.1. The molecule has 5 rings (SSSR count). The Bertz CT molecular complexity index is 1100. The van der Waals surface area contributed by atoms with Crippen LogP contribution in [0.3, 0.4) is 0 Å². The summed E-state index contributed by atoms with van der Waals surface area (Å²) in [4.78, 5) is 37.9. The lowest BCUT2D eigenvalue weighted by atomic mass is 9.98. The number of ether oxygens (including phenoxy) is 2. The summed E-state index contributed by atoms with van der Waals surface area (Å²) < 4.78 is 11.0. The standard InChI is InChI=1S/C26H26N2O6/c29-24(28-21-11-13-33-23(21)14-22(28)25(30)31)10-5-12-27-26(32)34-15-20-18-8-3-1-6-16(18)17-7-2-4-9-19(17)20/h1-10,20-23H,11-15H2,(H,27,32)(H,30,31)/b10-5+. The number of hydrogen-bond donors (Lipinski definition) is 2. The number of carboxylic acid groups (broad SMARTS) is 1. The van der Waals surface area contributed by atoms with Crippen LogP contribution in [0.1, 0.15) is 29.9 Å². The van der Waals surface area contributed by atoms with E-state index in [1.165, 1.54) is 17.1 Å². The molecule has 3 unspecified atom stereocenters. The molecule has 2 aromatic rings. The van der Waals surface area contributed by atoms with E-state index in [-0.39, 0.29) is 37.1 Å². The predicted octanol–water partition coefficient (Wildman–Crippen LogP) is 2.92. The average Bonchev–Trinajstić information content (AvgIpc) is 3.52. The minimum absolute atomic E-state index is 0.0278. The van der Waals surface area contributed by atoms with Gasteiger partial charge in [0.05, 0.1) is 12.1 Å². The van der Waals surface area contributed by atoms with Crippen molar-refractivity contribution in [2.45, 2.75) is 36.9 Å². The number of rotatable bonds is 6. The zero-order valence-electron chi connectivity index (χ0n) is 18.6. The third-order valence-corrected chi connectivity index (χ3v) is 6.83. The first-order valence-electron chi connectivity index (χ1n) is 11.5. The molecule has 3 aliphatic rings. The Labute approximate surface area is 197 Å². The third-order valence-electron chi connectivity index (χ3n) is 6.83. The van der Waals surface area contributed by atoms with Crippen LogP contribution in [0.5, 0.6) is 0 Å². The summed E-state index contributed by atoms with van der Waals surface area (Å²) in [7, 11) is 0. The molecule has 8 heteroatoms. The first-order chi connectivity index (χ1) is 16.5. The van der Waals surface area contributed by atoms with E-state index in [2.05, 4.69) is 29.6 Å². The topological polar surface area (TPSA) is 105 Å². The largest absolute Gasteiger partial charge is 0.480 e. The van der Waals surface area contributed by atoms with Crippen LogP contribution in [0.4, 0.5) is 4.79 Å². The second-order valence-electron chi connectivity index (χ2n) is 8.71. The molecule has 34 heavy (non-hydrogen) atoms. The number of benzene rings is 2. The Kier molecular flexibility index (Phi) is 6.06. The van der Waals surface area contributed by atoms with E-state index >= 15 is 0 Å². The highest BCUT2D eigenvalue weighted by Gasteiger charge is 2.49. The normalized spacial score (nSPS) is 22.9. The van der Waals surface area contributed by atoms with Crippen LogP contribution < -0.4 is 5.32 Å². The number of amides is 2. The molecule has 8 nitrogen and oxygen atoms in total. The minimum Gasteiger partial charge on any atom is -0.480 e. The maximum atomic E-state index is 12.7. The van der Waals surface area contributed by atoms with Crippen LogP contribution in [0, 0.1) is 0 Å². The molecule has 2 aliphatic heterocycles. The van der Waals surface area contributed by atoms with Crippen LogP contribution >= 0.6 is 0 Å². The molecule has 2 fully saturated rings. The van der Waals surface area contributed by atoms with Gasteiger partial charge in [0.1, 0.15) is 12.6 Å². The van der Waals surface area contributed by atoms with Crippen LogP contribution in [0.25, 0.3) is 11.1 Å². The summed E-state index contributed by atoms with van der Waals surface area (Å²) in [5, 5.41) is 12.1. The number of fused-ring (bicyclic) bond motifs is 4. The Morgan fingerprint density at radius 1 is 1.09 bits per heavy atom. The molecule has 1 aliphatic carbocycles. The summed E-state index contributed by atoms with van der Waals surface area (Å²) in [6.45, 7) is 0.830. The average molecular weight is 463 g/mol. The maximum Gasteiger partial charge on any atom is 0.407 e. The fraction of sp³-hybridized carbons (Fsp3) is 0.346. The van der Waals surface area contributed by atoms with Gasteiger partial charge in [-0.2, -0.15) is 0 Å². The van der Waals surface area contributed by atoms with Gasteiger partial charge >= 0.3 is 12.1 Å². The van der Waals surface area contributed by atoms with Crippen LogP contribution in [-0.2, 0) is 19.1 Å². The first kappa shape index (κ1) is 22.2. The zero-order chi connectivity index (χ0) is 23.7. The van der Waals surface area contributed by atoms with Crippen molar-refractivity contribution < 1.29 is 29.0 Å². The monoisotopic (exact) mass is 462 g/mol. The van der Waals surface area contributed by atoms with Crippen LogP contribution in [-0.4, -0.2) is 65.9 Å². The quantitative estimate of drug-likeness (QED) is 0.640. The molecule has 176 valence electrons. The summed E-state index contributed by atoms with van der Waals surface area (Å²) in [5.74, 6) is -1.45. The number of carbonyl (C=O) groups is 3. The molecule has 2 amide bonds. The number of carbonyl (C=O) groups excluding carboxylic acids is 2. The van der Waals surface area contributed by atoms with E-state index in [1.807, 2.05) is 24.3 Å². The molecular formula is C26H26N2O6. The van der Waals surface area contributed by atoms with Gasteiger partial charge in [0.2, 0.25) is 5.91 Å². The van der Waals surface area contributed by atoms with E-state index in [9.17, 15) is 19.5 Å². The third kappa shape index (κ3) is 4.05. The Morgan fingerprint density at radius 3 is 2.44 bits per heavy atom. The van der Waals surface area contributed by atoms with Crippen molar-refractivity contribution >= 4 is 18.0 Å². The van der Waals surface area contributed by atoms with Crippen molar-refractivity contribution in [3.63, 3.8) is 0 Å². The molecule has 0 aromatic heterocycles. The summed E-state index contributed by atoms with van der Waals surface area (Å²) in [5.41, 5.74) is 4.58. The van der Waals surface area contributed by atoms with E-state index in [4.69, 9.17) is 9.47 Å². The lowest BCUT2D eigenvalue weighted by Gasteiger charge is -2.25. The smallest absolute Gasteiger partial charge is 0.407 e. The first-order valence-corrected chi connectivity index (χ1v) is 11.5. The highest BCUT2D eigenvalue weighted by Crippen LogP contribution is 2.44. The highest BCUT2D eigenvalue weighted by molar-refractivity contribution is 5.92. The fourth-order valence-electron chi connectivity index (χ4n) is 5.32. The van der Waals surface area contributed by atoms with Gasteiger partial charge in [-0.1, -0.05) is 54.6 Å². The SMILES string of the molecule is O=C(NC/C=C/C(=O)N1C(C(=O)O)CC2OCCC21)OCC1c2ccccc2-c2ccccc21. The predicted molar refractivity (Wildman–Crippen MR) is 123 cm³/mol. The molecule has 0 saturated carbocycles. The van der Waals surface area contributed by atoms with Gasteiger partial charge in [-0.25, -0.2) is 9.59 Å². The number of aliphatic carboxylic acids is 1. The maximum absolute atomic E-state index is 12.7. The lowest BCUT2D eigenvalue weighted by Crippen LogP contribution is -2.44. The van der Waals surface area contributed by atoms with Crippen LogP contribution in [0.15, 0.2) is 60.7 Å². The van der Waals surface area contributed by atoms with Crippen molar-refractivity contribution in [1.82, 2.24) is 10.2 Å². The van der Waals surface area contributed by atoms with Crippen LogP contribution in [0.2, 0.25) is 0 Å². The van der Waals surface area contributed by atoms with Gasteiger partial charge in [0.25, 0.3) is 0 Å². The highest BCUT2D eigenvalue weighted by atomic mass is 16.5. The van der Waals surface area contributed by atoms with Gasteiger partial charge in [-0.15, -0.1) is 0 Å². The molecule has 2 aromatic carbocycles. The second-order valence-corrected chi connectivity index (χ2v) is 8.71. The van der Waals surface area contributed by atoms with Gasteiger partial charge in [-0.3, -0.25) is 4.79 Å². The number of nitrogens with zero attached hydrogens (tertiary/aromatic N) is 1. The van der Waals surface area contributed by atoms with Gasteiger partial charge in [0, 0.05) is 31.6 Å². The number of likely N-dealkylation sites (tertiary alicyclic amines) is 1. The van der Waals surface area contributed by atoms with E-state index in [0.29, 0.717) is 19.4 Å². The van der Waals surface area contributed by atoms with Gasteiger partial charge in [-0.05, 0) is 28.7 Å². The number of alkyl carbamates (subject to hydrolysis) is 1. The molecule has 0 spiro atoms. The van der Waals surface area contributed by atoms with Crippen molar-refractivity contribution in [3.05, 3.63) is 71.8 Å².